The average Bonchev–Trinajstić information content (AvgIpc) is 2.55. The van der Waals surface area contributed by atoms with Gasteiger partial charge in [-0.15, -0.1) is 0 Å². The molecule has 0 spiro atoms. The molecule has 0 aliphatic rings. The highest BCUT2D eigenvalue weighted by molar-refractivity contribution is 6.35. The summed E-state index contributed by atoms with van der Waals surface area (Å²) in [6, 6.07) is 14.9. The molecule has 4 nitrogen and oxygen atoms in total. The second kappa shape index (κ2) is 9.87. The molecule has 1 unspecified atom stereocenters. The standard InChI is InChI=1S/C18H21Cl2NO3/c19-15-6-7-18(17(20)10-15)24-13-16(23)12-21(8-9-22)11-14-4-2-1-3-5-14/h1-7,10,16,22-23H,8-9,11-13H2. The first kappa shape index (κ1) is 19.0. The van der Waals surface area contributed by atoms with Crippen molar-refractivity contribution in [3.63, 3.8) is 0 Å². The zero-order valence-corrected chi connectivity index (χ0v) is 14.7. The number of nitrogens with zero attached hydrogens (tertiary/aromatic N) is 1. The van der Waals surface area contributed by atoms with Gasteiger partial charge >= 0.3 is 0 Å². The molecule has 6 heteroatoms. The average molecular weight is 370 g/mol. The van der Waals surface area contributed by atoms with Gasteiger partial charge in [-0.05, 0) is 23.8 Å². The number of hydrogen-bond donors (Lipinski definition) is 2. The SMILES string of the molecule is OCCN(Cc1ccccc1)CC(O)COc1ccc(Cl)cc1Cl. The summed E-state index contributed by atoms with van der Waals surface area (Å²) in [4.78, 5) is 1.98. The van der Waals surface area contributed by atoms with Gasteiger partial charge in [0, 0.05) is 24.7 Å². The van der Waals surface area contributed by atoms with E-state index in [9.17, 15) is 10.2 Å². The Labute approximate surface area is 152 Å². The molecule has 0 aliphatic carbocycles. The molecule has 0 aromatic heterocycles. The van der Waals surface area contributed by atoms with Gasteiger partial charge in [-0.1, -0.05) is 53.5 Å². The van der Waals surface area contributed by atoms with Gasteiger partial charge in [0.15, 0.2) is 0 Å². The topological polar surface area (TPSA) is 52.9 Å². The molecule has 2 aromatic carbocycles. The fraction of sp³-hybridized carbons (Fsp3) is 0.333. The summed E-state index contributed by atoms with van der Waals surface area (Å²) in [5.41, 5.74) is 1.12. The number of ether oxygens (including phenoxy) is 1. The van der Waals surface area contributed by atoms with Crippen LogP contribution in [0.5, 0.6) is 5.75 Å². The van der Waals surface area contributed by atoms with Crippen LogP contribution in [0.25, 0.3) is 0 Å². The van der Waals surface area contributed by atoms with Gasteiger partial charge in [-0.25, -0.2) is 0 Å². The van der Waals surface area contributed by atoms with Crippen LogP contribution in [0.2, 0.25) is 10.0 Å². The Balaban J connectivity index is 1.86. The number of aliphatic hydroxyl groups excluding tert-OH is 2. The normalized spacial score (nSPS) is 12.4. The van der Waals surface area contributed by atoms with E-state index in [1.165, 1.54) is 0 Å². The Kier molecular flexibility index (Phi) is 7.82. The van der Waals surface area contributed by atoms with Crippen molar-refractivity contribution < 1.29 is 14.9 Å². The summed E-state index contributed by atoms with van der Waals surface area (Å²) in [6.45, 7) is 1.66. The monoisotopic (exact) mass is 369 g/mol. The minimum absolute atomic E-state index is 0.0312. The van der Waals surface area contributed by atoms with Gasteiger partial charge < -0.3 is 14.9 Å². The molecule has 0 saturated heterocycles. The van der Waals surface area contributed by atoms with Crippen LogP contribution < -0.4 is 4.74 Å². The Morgan fingerprint density at radius 1 is 1.08 bits per heavy atom. The molecule has 0 bridgehead atoms. The molecule has 2 N–H and O–H groups in total. The van der Waals surface area contributed by atoms with Crippen LogP contribution in [0.3, 0.4) is 0 Å². The van der Waals surface area contributed by atoms with Gasteiger partial charge in [0.25, 0.3) is 0 Å². The lowest BCUT2D eigenvalue weighted by molar-refractivity contribution is 0.0590. The summed E-state index contributed by atoms with van der Waals surface area (Å²) in [5.74, 6) is 0.483. The van der Waals surface area contributed by atoms with E-state index in [-0.39, 0.29) is 13.2 Å². The van der Waals surface area contributed by atoms with Crippen LogP contribution in [0.4, 0.5) is 0 Å². The Morgan fingerprint density at radius 2 is 1.83 bits per heavy atom. The lowest BCUT2D eigenvalue weighted by atomic mass is 10.2. The van der Waals surface area contributed by atoms with Crippen molar-refractivity contribution in [3.8, 4) is 5.75 Å². The zero-order valence-electron chi connectivity index (χ0n) is 13.2. The van der Waals surface area contributed by atoms with Crippen LogP contribution in [0.1, 0.15) is 5.56 Å². The molecule has 2 rings (SSSR count). The highest BCUT2D eigenvalue weighted by atomic mass is 35.5. The third-order valence-electron chi connectivity index (χ3n) is 3.46. The minimum Gasteiger partial charge on any atom is -0.489 e. The Morgan fingerprint density at radius 3 is 2.50 bits per heavy atom. The predicted octanol–water partition coefficient (Wildman–Crippen LogP) is 3.23. The van der Waals surface area contributed by atoms with Crippen molar-refractivity contribution >= 4 is 23.2 Å². The minimum atomic E-state index is -0.702. The highest BCUT2D eigenvalue weighted by Crippen LogP contribution is 2.27. The quantitative estimate of drug-likeness (QED) is 0.712. The van der Waals surface area contributed by atoms with Crippen LogP contribution >= 0.6 is 23.2 Å². The maximum absolute atomic E-state index is 10.2. The first-order chi connectivity index (χ1) is 11.6. The summed E-state index contributed by atoms with van der Waals surface area (Å²) in [5, 5.41) is 20.4. The summed E-state index contributed by atoms with van der Waals surface area (Å²) in [6.07, 6.45) is -0.702. The van der Waals surface area contributed by atoms with Crippen molar-refractivity contribution in [2.75, 3.05) is 26.3 Å². The fourth-order valence-electron chi connectivity index (χ4n) is 2.35. The van der Waals surface area contributed by atoms with E-state index >= 15 is 0 Å². The molecular weight excluding hydrogens is 349 g/mol. The number of aliphatic hydroxyl groups is 2. The molecule has 2 aromatic rings. The molecule has 0 radical (unpaired) electrons. The van der Waals surface area contributed by atoms with Crippen LogP contribution in [-0.4, -0.2) is 47.5 Å². The van der Waals surface area contributed by atoms with Gasteiger partial charge in [0.1, 0.15) is 18.5 Å². The molecule has 130 valence electrons. The smallest absolute Gasteiger partial charge is 0.138 e. The lowest BCUT2D eigenvalue weighted by Gasteiger charge is -2.24. The van der Waals surface area contributed by atoms with Crippen molar-refractivity contribution in [1.82, 2.24) is 4.90 Å². The molecule has 0 saturated carbocycles. The summed E-state index contributed by atoms with van der Waals surface area (Å²) < 4.78 is 5.55. The van der Waals surface area contributed by atoms with Crippen molar-refractivity contribution in [2.24, 2.45) is 0 Å². The van der Waals surface area contributed by atoms with E-state index in [1.54, 1.807) is 18.2 Å². The Bertz CT molecular complexity index is 625. The number of halogens is 2. The first-order valence-electron chi connectivity index (χ1n) is 7.71. The van der Waals surface area contributed by atoms with Crippen LogP contribution in [-0.2, 0) is 6.54 Å². The van der Waals surface area contributed by atoms with E-state index in [2.05, 4.69) is 0 Å². The number of rotatable bonds is 9. The predicted molar refractivity (Wildman–Crippen MR) is 96.8 cm³/mol. The maximum Gasteiger partial charge on any atom is 0.138 e. The molecule has 1 atom stereocenters. The fourth-order valence-corrected chi connectivity index (χ4v) is 2.81. The molecule has 0 fully saturated rings. The van der Waals surface area contributed by atoms with Gasteiger partial charge in [0.2, 0.25) is 0 Å². The largest absolute Gasteiger partial charge is 0.489 e. The molecule has 0 aliphatic heterocycles. The molecule has 24 heavy (non-hydrogen) atoms. The van der Waals surface area contributed by atoms with Crippen LogP contribution in [0, 0.1) is 0 Å². The number of benzene rings is 2. The van der Waals surface area contributed by atoms with E-state index < -0.39 is 6.10 Å². The van der Waals surface area contributed by atoms with E-state index in [4.69, 9.17) is 27.9 Å². The van der Waals surface area contributed by atoms with E-state index in [1.807, 2.05) is 35.2 Å². The molecule has 0 heterocycles. The Hall–Kier alpha value is -1.30. The van der Waals surface area contributed by atoms with E-state index in [0.29, 0.717) is 35.4 Å². The third-order valence-corrected chi connectivity index (χ3v) is 3.99. The van der Waals surface area contributed by atoms with Crippen molar-refractivity contribution in [1.29, 1.82) is 0 Å². The van der Waals surface area contributed by atoms with Gasteiger partial charge in [-0.3, -0.25) is 4.90 Å². The molecule has 0 amide bonds. The van der Waals surface area contributed by atoms with Gasteiger partial charge in [0.05, 0.1) is 11.6 Å². The first-order valence-corrected chi connectivity index (χ1v) is 8.47. The van der Waals surface area contributed by atoms with E-state index in [0.717, 1.165) is 5.56 Å². The summed E-state index contributed by atoms with van der Waals surface area (Å²) in [7, 11) is 0. The highest BCUT2D eigenvalue weighted by Gasteiger charge is 2.13. The third kappa shape index (κ3) is 6.30. The van der Waals surface area contributed by atoms with Crippen molar-refractivity contribution in [3.05, 3.63) is 64.1 Å². The van der Waals surface area contributed by atoms with Crippen molar-refractivity contribution in [2.45, 2.75) is 12.6 Å². The summed E-state index contributed by atoms with van der Waals surface area (Å²) >= 11 is 11.9. The maximum atomic E-state index is 10.2. The van der Waals surface area contributed by atoms with Gasteiger partial charge in [-0.2, -0.15) is 0 Å². The number of hydrogen-bond acceptors (Lipinski definition) is 4. The lowest BCUT2D eigenvalue weighted by Crippen LogP contribution is -2.37. The second-order valence-electron chi connectivity index (χ2n) is 5.48. The second-order valence-corrected chi connectivity index (χ2v) is 6.33. The van der Waals surface area contributed by atoms with Crippen LogP contribution in [0.15, 0.2) is 48.5 Å². The molecular formula is C18H21Cl2NO3. The zero-order chi connectivity index (χ0) is 17.4.